The number of amides is 1. The van der Waals surface area contributed by atoms with Crippen LogP contribution in [0.2, 0.25) is 5.02 Å². The van der Waals surface area contributed by atoms with Crippen molar-refractivity contribution in [1.82, 2.24) is 19.6 Å². The van der Waals surface area contributed by atoms with Crippen molar-refractivity contribution in [1.29, 1.82) is 0 Å². The summed E-state index contributed by atoms with van der Waals surface area (Å²) in [6.45, 7) is 6.23. The average molecular weight is 432 g/mol. The molecule has 0 bridgehead atoms. The highest BCUT2D eigenvalue weighted by atomic mass is 35.5. The van der Waals surface area contributed by atoms with E-state index in [9.17, 15) is 9.59 Å². The SMILES string of the molecule is O=C(CN1CCOCC1)N1CCN(c2cnn(Cc3ccccc3)c(=O)c2Cl)CC1. The van der Waals surface area contributed by atoms with Crippen molar-refractivity contribution in [2.45, 2.75) is 6.54 Å². The number of carbonyl (C=O) groups excluding carboxylic acids is 1. The van der Waals surface area contributed by atoms with Crippen LogP contribution in [0.15, 0.2) is 41.3 Å². The Morgan fingerprint density at radius 2 is 1.73 bits per heavy atom. The second-order valence-electron chi connectivity index (χ2n) is 7.55. The van der Waals surface area contributed by atoms with Crippen LogP contribution in [0.4, 0.5) is 5.69 Å². The molecule has 4 rings (SSSR count). The number of hydrogen-bond donors (Lipinski definition) is 0. The van der Waals surface area contributed by atoms with Gasteiger partial charge in [0.2, 0.25) is 5.91 Å². The number of ether oxygens (including phenoxy) is 1. The molecule has 1 aromatic carbocycles. The highest BCUT2D eigenvalue weighted by Crippen LogP contribution is 2.22. The van der Waals surface area contributed by atoms with Crippen molar-refractivity contribution in [2.75, 3.05) is 63.9 Å². The summed E-state index contributed by atoms with van der Waals surface area (Å²) >= 11 is 6.41. The summed E-state index contributed by atoms with van der Waals surface area (Å²) in [6.07, 6.45) is 1.65. The molecule has 0 unspecified atom stereocenters. The molecule has 2 fully saturated rings. The Labute approximate surface area is 180 Å². The molecular weight excluding hydrogens is 406 g/mol. The van der Waals surface area contributed by atoms with Crippen LogP contribution >= 0.6 is 11.6 Å². The van der Waals surface area contributed by atoms with Gasteiger partial charge >= 0.3 is 0 Å². The molecule has 3 heterocycles. The number of rotatable bonds is 5. The van der Waals surface area contributed by atoms with Crippen molar-refractivity contribution in [3.63, 3.8) is 0 Å². The molecule has 0 aliphatic carbocycles. The Morgan fingerprint density at radius 1 is 1.03 bits per heavy atom. The molecule has 160 valence electrons. The number of aromatic nitrogens is 2. The van der Waals surface area contributed by atoms with Crippen molar-refractivity contribution < 1.29 is 9.53 Å². The second-order valence-corrected chi connectivity index (χ2v) is 7.93. The third-order valence-corrected chi connectivity index (χ3v) is 5.93. The van der Waals surface area contributed by atoms with Gasteiger partial charge in [-0.2, -0.15) is 5.10 Å². The van der Waals surface area contributed by atoms with E-state index in [1.807, 2.05) is 40.1 Å². The maximum atomic E-state index is 12.7. The van der Waals surface area contributed by atoms with Crippen molar-refractivity contribution in [2.24, 2.45) is 0 Å². The standard InChI is InChI=1S/C21H26ClN5O3/c22-20-18(14-23-27(21(20)29)15-17-4-2-1-3-5-17)25-6-8-26(9-7-25)19(28)16-24-10-12-30-13-11-24/h1-5,14H,6-13,15-16H2. The summed E-state index contributed by atoms with van der Waals surface area (Å²) < 4.78 is 6.71. The summed E-state index contributed by atoms with van der Waals surface area (Å²) in [7, 11) is 0. The lowest BCUT2D eigenvalue weighted by Gasteiger charge is -2.37. The molecule has 9 heteroatoms. The molecule has 0 radical (unpaired) electrons. The molecule has 0 saturated carbocycles. The van der Waals surface area contributed by atoms with Crippen LogP contribution in [-0.4, -0.2) is 84.5 Å². The Bertz CT molecular complexity index is 922. The maximum Gasteiger partial charge on any atom is 0.287 e. The minimum absolute atomic E-state index is 0.138. The number of nitrogens with zero attached hydrogens (tertiary/aromatic N) is 5. The van der Waals surface area contributed by atoms with Crippen LogP contribution < -0.4 is 10.5 Å². The van der Waals surface area contributed by atoms with Crippen LogP contribution in [0.5, 0.6) is 0 Å². The van der Waals surface area contributed by atoms with Gasteiger partial charge in [0.15, 0.2) is 0 Å². The first-order chi connectivity index (χ1) is 14.6. The lowest BCUT2D eigenvalue weighted by Crippen LogP contribution is -2.52. The highest BCUT2D eigenvalue weighted by Gasteiger charge is 2.25. The van der Waals surface area contributed by atoms with Crippen LogP contribution in [0, 0.1) is 0 Å². The van der Waals surface area contributed by atoms with Gasteiger partial charge in [0, 0.05) is 39.3 Å². The Hall–Kier alpha value is -2.42. The number of hydrogen-bond acceptors (Lipinski definition) is 6. The van der Waals surface area contributed by atoms with Gasteiger partial charge < -0.3 is 14.5 Å². The third-order valence-electron chi connectivity index (χ3n) is 5.58. The number of anilines is 1. The van der Waals surface area contributed by atoms with Gasteiger partial charge in [-0.3, -0.25) is 14.5 Å². The molecule has 0 atom stereocenters. The van der Waals surface area contributed by atoms with Gasteiger partial charge in [-0.05, 0) is 5.56 Å². The summed E-state index contributed by atoms with van der Waals surface area (Å²) in [5.74, 6) is 0.138. The quantitative estimate of drug-likeness (QED) is 0.701. The first kappa shape index (κ1) is 20.8. The van der Waals surface area contributed by atoms with E-state index >= 15 is 0 Å². The topological polar surface area (TPSA) is 70.9 Å². The molecule has 2 saturated heterocycles. The zero-order valence-corrected chi connectivity index (χ0v) is 17.6. The normalized spacial score (nSPS) is 17.9. The predicted octanol–water partition coefficient (Wildman–Crippen LogP) is 0.926. The first-order valence-corrected chi connectivity index (χ1v) is 10.6. The summed E-state index contributed by atoms with van der Waals surface area (Å²) in [4.78, 5) is 31.3. The number of benzene rings is 1. The van der Waals surface area contributed by atoms with E-state index in [0.717, 1.165) is 18.7 Å². The molecule has 2 aromatic rings. The maximum absolute atomic E-state index is 12.7. The van der Waals surface area contributed by atoms with Crippen molar-refractivity contribution in [3.8, 4) is 0 Å². The molecule has 1 aromatic heterocycles. The van der Waals surface area contributed by atoms with E-state index in [4.69, 9.17) is 16.3 Å². The Kier molecular flexibility index (Phi) is 6.66. The number of morpholine rings is 1. The van der Waals surface area contributed by atoms with Gasteiger partial charge in [-0.1, -0.05) is 41.9 Å². The molecular formula is C21H26ClN5O3. The predicted molar refractivity (Wildman–Crippen MR) is 115 cm³/mol. The lowest BCUT2D eigenvalue weighted by atomic mass is 10.2. The molecule has 2 aliphatic heterocycles. The van der Waals surface area contributed by atoms with E-state index < -0.39 is 0 Å². The van der Waals surface area contributed by atoms with Crippen LogP contribution in [0.3, 0.4) is 0 Å². The zero-order chi connectivity index (χ0) is 20.9. The van der Waals surface area contributed by atoms with Gasteiger partial charge in [0.25, 0.3) is 5.56 Å². The van der Waals surface area contributed by atoms with Crippen LogP contribution in [0.25, 0.3) is 0 Å². The fraction of sp³-hybridized carbons (Fsp3) is 0.476. The van der Waals surface area contributed by atoms with Crippen LogP contribution in [0.1, 0.15) is 5.56 Å². The highest BCUT2D eigenvalue weighted by molar-refractivity contribution is 6.33. The molecule has 30 heavy (non-hydrogen) atoms. The van der Waals surface area contributed by atoms with E-state index in [2.05, 4.69) is 10.00 Å². The number of carbonyl (C=O) groups is 1. The van der Waals surface area contributed by atoms with Crippen LogP contribution in [-0.2, 0) is 16.1 Å². The fourth-order valence-corrected chi connectivity index (χ4v) is 4.06. The number of halogens is 1. The smallest absolute Gasteiger partial charge is 0.287 e. The van der Waals surface area contributed by atoms with E-state index in [-0.39, 0.29) is 16.5 Å². The second kappa shape index (κ2) is 9.59. The number of piperazine rings is 1. The first-order valence-electron chi connectivity index (χ1n) is 10.2. The monoisotopic (exact) mass is 431 g/mol. The van der Waals surface area contributed by atoms with Gasteiger partial charge in [0.1, 0.15) is 5.02 Å². The fourth-order valence-electron chi connectivity index (χ4n) is 3.79. The van der Waals surface area contributed by atoms with Gasteiger partial charge in [-0.15, -0.1) is 0 Å². The summed E-state index contributed by atoms with van der Waals surface area (Å²) in [6, 6.07) is 9.68. The van der Waals surface area contributed by atoms with Crippen molar-refractivity contribution >= 4 is 23.2 Å². The Balaban J connectivity index is 1.36. The minimum Gasteiger partial charge on any atom is -0.379 e. The third kappa shape index (κ3) is 4.83. The zero-order valence-electron chi connectivity index (χ0n) is 16.9. The van der Waals surface area contributed by atoms with E-state index in [1.54, 1.807) is 6.20 Å². The van der Waals surface area contributed by atoms with Gasteiger partial charge in [0.05, 0.1) is 38.2 Å². The molecule has 1 amide bonds. The largest absolute Gasteiger partial charge is 0.379 e. The molecule has 8 nitrogen and oxygen atoms in total. The van der Waals surface area contributed by atoms with E-state index in [1.165, 1.54) is 4.68 Å². The summed E-state index contributed by atoms with van der Waals surface area (Å²) in [5, 5.41) is 4.50. The molecule has 0 spiro atoms. The van der Waals surface area contributed by atoms with Gasteiger partial charge in [-0.25, -0.2) is 4.68 Å². The van der Waals surface area contributed by atoms with Crippen molar-refractivity contribution in [3.05, 3.63) is 57.5 Å². The minimum atomic E-state index is -0.302. The Morgan fingerprint density at radius 3 is 2.43 bits per heavy atom. The molecule has 0 N–H and O–H groups in total. The summed E-state index contributed by atoms with van der Waals surface area (Å²) in [5.41, 5.74) is 1.32. The molecule has 2 aliphatic rings. The van der Waals surface area contributed by atoms with E-state index in [0.29, 0.717) is 58.2 Å². The average Bonchev–Trinajstić information content (AvgIpc) is 2.79. The lowest BCUT2D eigenvalue weighted by molar-refractivity contribution is -0.133.